The lowest BCUT2D eigenvalue weighted by molar-refractivity contribution is -0.139. The molecule has 5 N–H and O–H groups in total. The predicted octanol–water partition coefficient (Wildman–Crippen LogP) is 0.961. The summed E-state index contributed by atoms with van der Waals surface area (Å²) in [5, 5.41) is 21.9. The molecular weight excluding hydrogens is 326 g/mol. The molecule has 1 aromatic heterocycles. The minimum atomic E-state index is -1.25. The van der Waals surface area contributed by atoms with Gasteiger partial charge in [0.15, 0.2) is 6.61 Å². The van der Waals surface area contributed by atoms with Crippen LogP contribution in [0.25, 0.3) is 0 Å². The van der Waals surface area contributed by atoms with Crippen LogP contribution in [0.4, 0.5) is 5.82 Å². The van der Waals surface area contributed by atoms with Gasteiger partial charge in [-0.1, -0.05) is 0 Å². The van der Waals surface area contributed by atoms with Gasteiger partial charge in [0.05, 0.1) is 0 Å². The molecule has 1 heterocycles. The molecule has 0 aliphatic heterocycles. The second-order valence-electron chi connectivity index (χ2n) is 5.47. The van der Waals surface area contributed by atoms with E-state index in [-0.39, 0.29) is 6.61 Å². The number of aliphatic carboxylic acids is 1. The monoisotopic (exact) mass is 347 g/mol. The standard InChI is InChI=1S/C17H21N3O5/c1-17(23,12-2-7-15(18)19-10-12)20-8-9-24-13-3-5-14(6-4-13)25-11-16(21)22/h2-7,10,20,23H,8-9,11H2,1H3,(H2,18,19)(H,21,22)/t17-/m0/s1. The Morgan fingerprint density at radius 3 is 2.40 bits per heavy atom. The van der Waals surface area contributed by atoms with Crippen molar-refractivity contribution in [1.82, 2.24) is 10.3 Å². The third kappa shape index (κ3) is 5.94. The highest BCUT2D eigenvalue weighted by Gasteiger charge is 2.22. The van der Waals surface area contributed by atoms with Crippen molar-refractivity contribution < 1.29 is 24.5 Å². The van der Waals surface area contributed by atoms with Crippen LogP contribution in [0.3, 0.4) is 0 Å². The first-order valence-corrected chi connectivity index (χ1v) is 7.64. The summed E-state index contributed by atoms with van der Waals surface area (Å²) in [6, 6.07) is 9.93. The molecular formula is C17H21N3O5. The maximum Gasteiger partial charge on any atom is 0.341 e. The van der Waals surface area contributed by atoms with E-state index < -0.39 is 11.7 Å². The maximum absolute atomic E-state index is 10.4. The van der Waals surface area contributed by atoms with Gasteiger partial charge in [-0.3, -0.25) is 5.32 Å². The van der Waals surface area contributed by atoms with Crippen LogP contribution in [0.15, 0.2) is 42.6 Å². The van der Waals surface area contributed by atoms with Gasteiger partial charge in [0.2, 0.25) is 0 Å². The van der Waals surface area contributed by atoms with E-state index in [2.05, 4.69) is 10.3 Å². The molecule has 0 fully saturated rings. The number of benzene rings is 1. The van der Waals surface area contributed by atoms with Gasteiger partial charge in [0, 0.05) is 18.3 Å². The predicted molar refractivity (Wildman–Crippen MR) is 91.3 cm³/mol. The fourth-order valence-corrected chi connectivity index (χ4v) is 2.04. The zero-order valence-corrected chi connectivity index (χ0v) is 13.8. The molecule has 2 aromatic rings. The Morgan fingerprint density at radius 1 is 1.20 bits per heavy atom. The molecule has 0 aliphatic carbocycles. The quantitative estimate of drug-likeness (QED) is 0.390. The van der Waals surface area contributed by atoms with Crippen molar-refractivity contribution in [3.05, 3.63) is 48.2 Å². The summed E-state index contributed by atoms with van der Waals surface area (Å²) in [7, 11) is 0. The molecule has 0 amide bonds. The Kier molecular flexibility index (Phi) is 6.15. The number of nitrogen functional groups attached to an aromatic ring is 1. The van der Waals surface area contributed by atoms with Crippen molar-refractivity contribution >= 4 is 11.8 Å². The first-order chi connectivity index (χ1) is 11.9. The van der Waals surface area contributed by atoms with Crippen molar-refractivity contribution in [3.63, 3.8) is 0 Å². The number of carboxylic acid groups (broad SMARTS) is 1. The number of ether oxygens (including phenoxy) is 2. The number of hydrogen-bond donors (Lipinski definition) is 4. The van der Waals surface area contributed by atoms with Crippen LogP contribution < -0.4 is 20.5 Å². The van der Waals surface area contributed by atoms with E-state index in [9.17, 15) is 9.90 Å². The Morgan fingerprint density at radius 2 is 1.84 bits per heavy atom. The minimum Gasteiger partial charge on any atom is -0.492 e. The third-order valence-corrected chi connectivity index (χ3v) is 3.37. The number of aromatic nitrogens is 1. The van der Waals surface area contributed by atoms with E-state index in [4.69, 9.17) is 20.3 Å². The van der Waals surface area contributed by atoms with Crippen LogP contribution in [0.2, 0.25) is 0 Å². The van der Waals surface area contributed by atoms with Gasteiger partial charge in [-0.25, -0.2) is 9.78 Å². The van der Waals surface area contributed by atoms with E-state index in [0.29, 0.717) is 36.0 Å². The molecule has 0 saturated carbocycles. The number of nitrogens with two attached hydrogens (primary N) is 1. The number of nitrogens with one attached hydrogen (secondary N) is 1. The van der Waals surface area contributed by atoms with E-state index >= 15 is 0 Å². The molecule has 8 heteroatoms. The Labute approximate surface area is 145 Å². The van der Waals surface area contributed by atoms with Crippen molar-refractivity contribution in [3.8, 4) is 11.5 Å². The lowest BCUT2D eigenvalue weighted by atomic mass is 10.1. The summed E-state index contributed by atoms with van der Waals surface area (Å²) < 4.78 is 10.6. The summed E-state index contributed by atoms with van der Waals surface area (Å²) in [4.78, 5) is 14.4. The number of aliphatic hydroxyl groups is 1. The molecule has 0 saturated heterocycles. The topological polar surface area (TPSA) is 127 Å². The highest BCUT2D eigenvalue weighted by atomic mass is 16.5. The average molecular weight is 347 g/mol. The van der Waals surface area contributed by atoms with Gasteiger partial charge in [0.25, 0.3) is 0 Å². The second kappa shape index (κ2) is 8.32. The van der Waals surface area contributed by atoms with E-state index in [0.717, 1.165) is 0 Å². The average Bonchev–Trinajstić information content (AvgIpc) is 2.58. The van der Waals surface area contributed by atoms with Crippen LogP contribution >= 0.6 is 0 Å². The Hall–Kier alpha value is -2.84. The van der Waals surface area contributed by atoms with E-state index in [1.54, 1.807) is 43.3 Å². The van der Waals surface area contributed by atoms with Crippen LogP contribution in [-0.4, -0.2) is 40.9 Å². The van der Waals surface area contributed by atoms with Crippen LogP contribution in [0.5, 0.6) is 11.5 Å². The molecule has 0 unspecified atom stereocenters. The third-order valence-electron chi connectivity index (χ3n) is 3.37. The number of anilines is 1. The fraction of sp³-hybridized carbons (Fsp3) is 0.294. The number of carbonyl (C=O) groups is 1. The van der Waals surface area contributed by atoms with Crippen LogP contribution in [-0.2, 0) is 10.5 Å². The Balaban J connectivity index is 1.76. The molecule has 0 radical (unpaired) electrons. The first kappa shape index (κ1) is 18.5. The number of carboxylic acids is 1. The molecule has 0 bridgehead atoms. The van der Waals surface area contributed by atoms with E-state index in [1.807, 2.05) is 0 Å². The van der Waals surface area contributed by atoms with Gasteiger partial charge in [0.1, 0.15) is 29.6 Å². The lowest BCUT2D eigenvalue weighted by Gasteiger charge is -2.25. The maximum atomic E-state index is 10.4. The largest absolute Gasteiger partial charge is 0.492 e. The fourth-order valence-electron chi connectivity index (χ4n) is 2.04. The summed E-state index contributed by atoms with van der Waals surface area (Å²) in [6.07, 6.45) is 1.51. The number of hydrogen-bond acceptors (Lipinski definition) is 7. The Bertz CT molecular complexity index is 686. The van der Waals surface area contributed by atoms with Gasteiger partial charge in [-0.2, -0.15) is 0 Å². The lowest BCUT2D eigenvalue weighted by Crippen LogP contribution is -2.41. The van der Waals surface area contributed by atoms with Gasteiger partial charge >= 0.3 is 5.97 Å². The van der Waals surface area contributed by atoms with Crippen molar-refractivity contribution in [1.29, 1.82) is 0 Å². The van der Waals surface area contributed by atoms with Crippen LogP contribution in [0, 0.1) is 0 Å². The van der Waals surface area contributed by atoms with Crippen molar-refractivity contribution in [2.24, 2.45) is 0 Å². The normalized spacial score (nSPS) is 13.0. The van der Waals surface area contributed by atoms with Gasteiger partial charge in [-0.15, -0.1) is 0 Å². The van der Waals surface area contributed by atoms with E-state index in [1.165, 1.54) is 6.20 Å². The molecule has 1 aromatic carbocycles. The van der Waals surface area contributed by atoms with Gasteiger partial charge in [-0.05, 0) is 43.3 Å². The second-order valence-corrected chi connectivity index (χ2v) is 5.47. The number of nitrogens with zero attached hydrogens (tertiary/aromatic N) is 1. The molecule has 25 heavy (non-hydrogen) atoms. The molecule has 134 valence electrons. The van der Waals surface area contributed by atoms with Crippen molar-refractivity contribution in [2.75, 3.05) is 25.5 Å². The smallest absolute Gasteiger partial charge is 0.341 e. The summed E-state index contributed by atoms with van der Waals surface area (Å²) in [5.41, 5.74) is 4.88. The summed E-state index contributed by atoms with van der Waals surface area (Å²) in [6.45, 7) is 1.95. The number of pyridine rings is 1. The highest BCUT2D eigenvalue weighted by Crippen LogP contribution is 2.18. The van der Waals surface area contributed by atoms with Crippen molar-refractivity contribution in [2.45, 2.75) is 12.6 Å². The zero-order chi connectivity index (χ0) is 18.3. The number of rotatable bonds is 9. The van der Waals surface area contributed by atoms with Gasteiger partial charge < -0.3 is 25.4 Å². The summed E-state index contributed by atoms with van der Waals surface area (Å²) in [5.74, 6) is 0.415. The molecule has 1 atom stereocenters. The first-order valence-electron chi connectivity index (χ1n) is 7.64. The molecule has 2 rings (SSSR count). The summed E-state index contributed by atoms with van der Waals surface area (Å²) >= 11 is 0. The zero-order valence-electron chi connectivity index (χ0n) is 13.8. The molecule has 0 spiro atoms. The molecule has 8 nitrogen and oxygen atoms in total. The highest BCUT2D eigenvalue weighted by molar-refractivity contribution is 5.68. The SMILES string of the molecule is C[C@@](O)(NCCOc1ccc(OCC(=O)O)cc1)c1ccc(N)nc1. The van der Waals surface area contributed by atoms with Crippen LogP contribution in [0.1, 0.15) is 12.5 Å². The minimum absolute atomic E-state index is 0.327. The molecule has 0 aliphatic rings.